The minimum Gasteiger partial charge on any atom is -0.353 e. The van der Waals surface area contributed by atoms with E-state index in [1.54, 1.807) is 0 Å². The smallest absolute Gasteiger partial charge is 0.240 e. The first-order chi connectivity index (χ1) is 8.87. The van der Waals surface area contributed by atoms with E-state index in [0.29, 0.717) is 18.6 Å². The van der Waals surface area contributed by atoms with Gasteiger partial charge in [-0.25, -0.2) is 0 Å². The van der Waals surface area contributed by atoms with Crippen molar-refractivity contribution in [1.29, 1.82) is 0 Å². The van der Waals surface area contributed by atoms with Gasteiger partial charge in [0.25, 0.3) is 0 Å². The second kappa shape index (κ2) is 7.25. The van der Waals surface area contributed by atoms with Crippen LogP contribution in [0.15, 0.2) is 0 Å². The summed E-state index contributed by atoms with van der Waals surface area (Å²) in [5, 5.41) is 3.03. The molecule has 0 atom stereocenters. The Kier molecular flexibility index (Phi) is 6.27. The summed E-state index contributed by atoms with van der Waals surface area (Å²) >= 11 is 0. The third kappa shape index (κ3) is 4.77. The molecule has 1 saturated carbocycles. The second-order valence-corrected chi connectivity index (χ2v) is 6.40. The lowest BCUT2D eigenvalue weighted by molar-refractivity contribution is -0.127. The lowest BCUT2D eigenvalue weighted by Crippen LogP contribution is -2.56. The molecule has 0 aromatic heterocycles. The molecule has 0 aliphatic heterocycles. The Morgan fingerprint density at radius 3 is 2.16 bits per heavy atom. The molecule has 0 heterocycles. The Hall–Kier alpha value is -0.610. The minimum absolute atomic E-state index is 0.0414. The van der Waals surface area contributed by atoms with Gasteiger partial charge in [-0.15, -0.1) is 0 Å². The van der Waals surface area contributed by atoms with Gasteiger partial charge in [0.1, 0.15) is 0 Å². The molecule has 0 spiro atoms. The molecule has 0 bridgehead atoms. The van der Waals surface area contributed by atoms with Crippen LogP contribution in [0.1, 0.15) is 59.8 Å². The molecular formula is C15H31N3O. The van der Waals surface area contributed by atoms with Crippen molar-refractivity contribution in [3.05, 3.63) is 0 Å². The third-order valence-corrected chi connectivity index (χ3v) is 4.18. The van der Waals surface area contributed by atoms with E-state index in [-0.39, 0.29) is 5.91 Å². The molecule has 0 unspecified atom stereocenters. The average Bonchev–Trinajstić information content (AvgIpc) is 2.34. The van der Waals surface area contributed by atoms with E-state index < -0.39 is 5.54 Å². The van der Waals surface area contributed by atoms with Crippen LogP contribution in [0.2, 0.25) is 0 Å². The van der Waals surface area contributed by atoms with Gasteiger partial charge < -0.3 is 11.1 Å². The van der Waals surface area contributed by atoms with Gasteiger partial charge in [-0.1, -0.05) is 19.3 Å². The van der Waals surface area contributed by atoms with Crippen LogP contribution in [0.5, 0.6) is 0 Å². The maximum atomic E-state index is 12.2. The fourth-order valence-corrected chi connectivity index (χ4v) is 3.00. The van der Waals surface area contributed by atoms with Crippen molar-refractivity contribution < 1.29 is 4.79 Å². The molecule has 1 rings (SSSR count). The van der Waals surface area contributed by atoms with Gasteiger partial charge in [0.2, 0.25) is 5.91 Å². The first kappa shape index (κ1) is 16.4. The molecule has 1 aliphatic rings. The molecule has 112 valence electrons. The fourth-order valence-electron chi connectivity index (χ4n) is 3.00. The predicted octanol–water partition coefficient (Wildman–Crippen LogP) is 1.88. The largest absolute Gasteiger partial charge is 0.353 e. The van der Waals surface area contributed by atoms with E-state index in [1.165, 1.54) is 6.42 Å². The number of carbonyl (C=O) groups excluding carboxylic acids is 1. The number of nitrogens with two attached hydrogens (primary N) is 1. The van der Waals surface area contributed by atoms with Gasteiger partial charge in [0.05, 0.1) is 5.54 Å². The van der Waals surface area contributed by atoms with Crippen LogP contribution >= 0.6 is 0 Å². The third-order valence-electron chi connectivity index (χ3n) is 4.18. The average molecular weight is 269 g/mol. The van der Waals surface area contributed by atoms with Gasteiger partial charge in [-0.3, -0.25) is 9.69 Å². The number of amides is 1. The zero-order chi connectivity index (χ0) is 14.5. The molecule has 4 heteroatoms. The molecule has 1 fully saturated rings. The highest BCUT2D eigenvalue weighted by Crippen LogP contribution is 2.25. The van der Waals surface area contributed by atoms with E-state index in [2.05, 4.69) is 37.9 Å². The number of nitrogens with zero attached hydrogens (tertiary/aromatic N) is 1. The van der Waals surface area contributed by atoms with Gasteiger partial charge >= 0.3 is 0 Å². The molecule has 0 aromatic rings. The van der Waals surface area contributed by atoms with Crippen molar-refractivity contribution in [2.45, 2.75) is 77.4 Å². The van der Waals surface area contributed by atoms with Crippen LogP contribution in [0.3, 0.4) is 0 Å². The highest BCUT2D eigenvalue weighted by molar-refractivity contribution is 5.86. The summed E-state index contributed by atoms with van der Waals surface area (Å²) in [7, 11) is 0. The Morgan fingerprint density at radius 2 is 1.68 bits per heavy atom. The summed E-state index contributed by atoms with van der Waals surface area (Å²) < 4.78 is 0. The lowest BCUT2D eigenvalue weighted by atomic mass is 9.82. The standard InChI is InChI=1S/C15H31N3O/c1-12(2)18(13(3)4)11-10-17-14(19)15(16)8-6-5-7-9-15/h12-13H,5-11,16H2,1-4H3,(H,17,19). The normalized spacial score (nSPS) is 19.2. The van der Waals surface area contributed by atoms with E-state index >= 15 is 0 Å². The highest BCUT2D eigenvalue weighted by Gasteiger charge is 2.34. The zero-order valence-corrected chi connectivity index (χ0v) is 13.0. The highest BCUT2D eigenvalue weighted by atomic mass is 16.2. The number of hydrogen-bond acceptors (Lipinski definition) is 3. The minimum atomic E-state index is -0.612. The molecule has 4 nitrogen and oxygen atoms in total. The summed E-state index contributed by atoms with van der Waals surface area (Å²) in [5.41, 5.74) is 5.60. The summed E-state index contributed by atoms with van der Waals surface area (Å²) in [6, 6.07) is 0.997. The summed E-state index contributed by atoms with van der Waals surface area (Å²) in [5.74, 6) is 0.0414. The number of rotatable bonds is 6. The van der Waals surface area contributed by atoms with E-state index in [1.807, 2.05) is 0 Å². The van der Waals surface area contributed by atoms with Gasteiger partial charge in [0.15, 0.2) is 0 Å². The van der Waals surface area contributed by atoms with Gasteiger partial charge in [-0.2, -0.15) is 0 Å². The van der Waals surface area contributed by atoms with Crippen molar-refractivity contribution in [2.24, 2.45) is 5.73 Å². The number of carbonyl (C=O) groups is 1. The van der Waals surface area contributed by atoms with Crippen LogP contribution in [0.25, 0.3) is 0 Å². The predicted molar refractivity (Wildman–Crippen MR) is 80.0 cm³/mol. The van der Waals surface area contributed by atoms with E-state index in [4.69, 9.17) is 5.73 Å². The zero-order valence-electron chi connectivity index (χ0n) is 13.0. The Bertz CT molecular complexity index is 275. The second-order valence-electron chi connectivity index (χ2n) is 6.40. The molecular weight excluding hydrogens is 238 g/mol. The topological polar surface area (TPSA) is 58.4 Å². The molecule has 0 aromatic carbocycles. The molecule has 1 amide bonds. The quantitative estimate of drug-likeness (QED) is 0.774. The lowest BCUT2D eigenvalue weighted by Gasteiger charge is -2.33. The van der Waals surface area contributed by atoms with Crippen molar-refractivity contribution in [3.63, 3.8) is 0 Å². The molecule has 0 saturated heterocycles. The van der Waals surface area contributed by atoms with Crippen molar-refractivity contribution in [2.75, 3.05) is 13.1 Å². The van der Waals surface area contributed by atoms with Crippen molar-refractivity contribution >= 4 is 5.91 Å². The number of hydrogen-bond donors (Lipinski definition) is 2. The molecule has 19 heavy (non-hydrogen) atoms. The Labute approximate surface area is 118 Å². The van der Waals surface area contributed by atoms with Gasteiger partial charge in [0, 0.05) is 25.2 Å². The van der Waals surface area contributed by atoms with Crippen LogP contribution < -0.4 is 11.1 Å². The van der Waals surface area contributed by atoms with Crippen molar-refractivity contribution in [3.8, 4) is 0 Å². The van der Waals surface area contributed by atoms with Crippen LogP contribution in [-0.2, 0) is 4.79 Å². The maximum absolute atomic E-state index is 12.2. The maximum Gasteiger partial charge on any atom is 0.240 e. The number of nitrogens with one attached hydrogen (secondary N) is 1. The molecule has 3 N–H and O–H groups in total. The summed E-state index contributed by atoms with van der Waals surface area (Å²) in [6.45, 7) is 10.3. The monoisotopic (exact) mass is 269 g/mol. The summed E-state index contributed by atoms with van der Waals surface area (Å²) in [4.78, 5) is 14.6. The first-order valence-corrected chi connectivity index (χ1v) is 7.70. The van der Waals surface area contributed by atoms with Crippen LogP contribution in [-0.4, -0.2) is 41.5 Å². The SMILES string of the molecule is CC(C)N(CCNC(=O)C1(N)CCCCC1)C(C)C. The Balaban J connectivity index is 2.37. The first-order valence-electron chi connectivity index (χ1n) is 7.70. The summed E-state index contributed by atoms with van der Waals surface area (Å²) in [6.07, 6.45) is 5.02. The Morgan fingerprint density at radius 1 is 1.16 bits per heavy atom. The van der Waals surface area contributed by atoms with Crippen LogP contribution in [0, 0.1) is 0 Å². The van der Waals surface area contributed by atoms with Crippen molar-refractivity contribution in [1.82, 2.24) is 10.2 Å². The van der Waals surface area contributed by atoms with E-state index in [0.717, 1.165) is 32.2 Å². The molecule has 1 aliphatic carbocycles. The van der Waals surface area contributed by atoms with Crippen LogP contribution in [0.4, 0.5) is 0 Å². The van der Waals surface area contributed by atoms with E-state index in [9.17, 15) is 4.79 Å². The fraction of sp³-hybridized carbons (Fsp3) is 0.933. The van der Waals surface area contributed by atoms with Gasteiger partial charge in [-0.05, 0) is 40.5 Å². The molecule has 0 radical (unpaired) electrons.